The minimum Gasteiger partial charge on any atom is -0.399 e. The number of hydrogen-bond donors (Lipinski definition) is 1. The zero-order valence-electron chi connectivity index (χ0n) is 15.9. The highest BCUT2D eigenvalue weighted by molar-refractivity contribution is 5.84. The fraction of sp³-hybridized carbons (Fsp3) is 0.0909. The van der Waals surface area contributed by atoms with Crippen molar-refractivity contribution in [2.24, 2.45) is 0 Å². The number of hydrogen-bond acceptors (Lipinski definition) is 5. The Morgan fingerprint density at radius 3 is 2.63 bits per heavy atom. The zero-order chi connectivity index (χ0) is 20.9. The molecule has 6 nitrogen and oxygen atoms in total. The van der Waals surface area contributed by atoms with E-state index >= 15 is 8.78 Å². The summed E-state index contributed by atoms with van der Waals surface area (Å²) in [5.74, 6) is -3.91. The lowest BCUT2D eigenvalue weighted by Gasteiger charge is -2.15. The fourth-order valence-corrected chi connectivity index (χ4v) is 3.41. The first-order valence-electron chi connectivity index (χ1n) is 9.25. The Bertz CT molecular complexity index is 1410. The molecule has 5 aromatic rings. The summed E-state index contributed by atoms with van der Waals surface area (Å²) in [6, 6.07) is 16.8. The monoisotopic (exact) mass is 402 g/mol. The van der Waals surface area contributed by atoms with Crippen LogP contribution in [0.4, 0.5) is 14.5 Å². The van der Waals surface area contributed by atoms with Crippen LogP contribution in [0.5, 0.6) is 0 Å². The molecule has 0 bridgehead atoms. The van der Waals surface area contributed by atoms with Crippen molar-refractivity contribution in [3.63, 3.8) is 0 Å². The van der Waals surface area contributed by atoms with Crippen LogP contribution >= 0.6 is 0 Å². The lowest BCUT2D eigenvalue weighted by atomic mass is 10.0. The molecule has 8 heteroatoms. The van der Waals surface area contributed by atoms with E-state index in [1.165, 1.54) is 12.1 Å². The first-order chi connectivity index (χ1) is 14.4. The summed E-state index contributed by atoms with van der Waals surface area (Å²) >= 11 is 0. The van der Waals surface area contributed by atoms with Gasteiger partial charge in [-0.3, -0.25) is 4.98 Å². The predicted molar refractivity (Wildman–Crippen MR) is 110 cm³/mol. The number of nitrogens with zero attached hydrogens (tertiary/aromatic N) is 5. The van der Waals surface area contributed by atoms with Crippen LogP contribution in [-0.2, 0) is 5.92 Å². The maximum absolute atomic E-state index is 15.4. The largest absolute Gasteiger partial charge is 0.399 e. The minimum absolute atomic E-state index is 0.209. The van der Waals surface area contributed by atoms with Gasteiger partial charge in [0.2, 0.25) is 5.82 Å². The van der Waals surface area contributed by atoms with E-state index in [0.29, 0.717) is 22.3 Å². The minimum atomic E-state index is -3.39. The highest BCUT2D eigenvalue weighted by Crippen LogP contribution is 2.36. The summed E-state index contributed by atoms with van der Waals surface area (Å²) in [4.78, 5) is 4.40. The van der Waals surface area contributed by atoms with Crippen LogP contribution in [0.1, 0.15) is 17.1 Å². The van der Waals surface area contributed by atoms with Crippen LogP contribution in [0.3, 0.4) is 0 Å². The van der Waals surface area contributed by atoms with Crippen molar-refractivity contribution in [2.75, 3.05) is 5.73 Å². The number of rotatable bonds is 3. The van der Waals surface area contributed by atoms with Gasteiger partial charge >= 0.3 is 5.92 Å². The van der Waals surface area contributed by atoms with Crippen molar-refractivity contribution in [1.29, 1.82) is 0 Å². The molecule has 0 aliphatic rings. The van der Waals surface area contributed by atoms with Crippen LogP contribution < -0.4 is 5.73 Å². The Labute approximate surface area is 170 Å². The van der Waals surface area contributed by atoms with Crippen LogP contribution in [0.25, 0.3) is 27.7 Å². The number of nitrogens with two attached hydrogens (primary N) is 1. The Morgan fingerprint density at radius 1 is 0.933 bits per heavy atom. The van der Waals surface area contributed by atoms with E-state index in [4.69, 9.17) is 5.73 Å². The molecule has 0 unspecified atom stereocenters. The summed E-state index contributed by atoms with van der Waals surface area (Å²) in [5.41, 5.74) is 9.40. The second-order valence-electron chi connectivity index (χ2n) is 7.10. The molecule has 0 saturated carbocycles. The van der Waals surface area contributed by atoms with Gasteiger partial charge in [0.05, 0.1) is 11.2 Å². The Hall–Kier alpha value is -3.94. The molecule has 0 spiro atoms. The number of pyridine rings is 1. The van der Waals surface area contributed by atoms with Crippen molar-refractivity contribution in [3.05, 3.63) is 83.9 Å². The first-order valence-corrected chi connectivity index (χ1v) is 9.25. The third-order valence-electron chi connectivity index (χ3n) is 4.94. The van der Waals surface area contributed by atoms with Crippen molar-refractivity contribution >= 4 is 22.2 Å². The molecule has 30 heavy (non-hydrogen) atoms. The number of alkyl halides is 2. The summed E-state index contributed by atoms with van der Waals surface area (Å²) in [6.07, 6.45) is 1.70. The van der Waals surface area contributed by atoms with E-state index in [0.717, 1.165) is 15.6 Å². The molecule has 0 aliphatic carbocycles. The number of benzene rings is 2. The number of halogens is 2. The maximum atomic E-state index is 15.4. The molecule has 2 N–H and O–H groups in total. The molecular formula is C22H16F2N6. The van der Waals surface area contributed by atoms with Gasteiger partial charge in [-0.2, -0.15) is 18.4 Å². The van der Waals surface area contributed by atoms with Crippen molar-refractivity contribution in [3.8, 4) is 11.1 Å². The maximum Gasteiger partial charge on any atom is 0.333 e. The molecule has 0 radical (unpaired) electrons. The van der Waals surface area contributed by atoms with Gasteiger partial charge in [0, 0.05) is 28.4 Å². The van der Waals surface area contributed by atoms with E-state index in [2.05, 4.69) is 20.3 Å². The SMILES string of the molecule is Cc1ccc2nnc(C(F)(F)c3ccc4ncc(-c5cccc(N)c5)cc4c3)n2n1. The molecule has 0 fully saturated rings. The Kier molecular flexibility index (Phi) is 3.95. The van der Waals surface area contributed by atoms with Gasteiger partial charge in [-0.1, -0.05) is 18.2 Å². The Balaban J connectivity index is 1.63. The molecule has 3 heterocycles. The molecular weight excluding hydrogens is 386 g/mol. The predicted octanol–water partition coefficient (Wildman–Crippen LogP) is 4.37. The first kappa shape index (κ1) is 18.1. The van der Waals surface area contributed by atoms with Gasteiger partial charge in [-0.25, -0.2) is 0 Å². The van der Waals surface area contributed by atoms with Crippen LogP contribution in [0.2, 0.25) is 0 Å². The lowest BCUT2D eigenvalue weighted by molar-refractivity contribution is 0.0307. The van der Waals surface area contributed by atoms with E-state index < -0.39 is 11.7 Å². The second-order valence-corrected chi connectivity index (χ2v) is 7.10. The number of nitrogen functional groups attached to an aromatic ring is 1. The van der Waals surface area contributed by atoms with Gasteiger partial charge in [0.15, 0.2) is 5.65 Å². The van der Waals surface area contributed by atoms with E-state index in [1.807, 2.05) is 24.3 Å². The van der Waals surface area contributed by atoms with Crippen LogP contribution in [0.15, 0.2) is 66.9 Å². The quantitative estimate of drug-likeness (QED) is 0.453. The molecule has 2 aromatic carbocycles. The topological polar surface area (TPSA) is 82.0 Å². The number of anilines is 1. The molecule has 0 saturated heterocycles. The highest BCUT2D eigenvalue weighted by Gasteiger charge is 2.40. The third-order valence-corrected chi connectivity index (χ3v) is 4.94. The molecule has 3 aromatic heterocycles. The van der Waals surface area contributed by atoms with Gasteiger partial charge in [-0.15, -0.1) is 10.2 Å². The van der Waals surface area contributed by atoms with Crippen molar-refractivity contribution in [2.45, 2.75) is 12.8 Å². The van der Waals surface area contributed by atoms with E-state index in [9.17, 15) is 0 Å². The molecule has 5 rings (SSSR count). The van der Waals surface area contributed by atoms with Crippen molar-refractivity contribution in [1.82, 2.24) is 24.8 Å². The summed E-state index contributed by atoms with van der Waals surface area (Å²) in [5, 5.41) is 12.3. The summed E-state index contributed by atoms with van der Waals surface area (Å²) in [7, 11) is 0. The molecule has 0 atom stereocenters. The van der Waals surface area contributed by atoms with Gasteiger partial charge < -0.3 is 5.73 Å². The third kappa shape index (κ3) is 2.93. The lowest BCUT2D eigenvalue weighted by Crippen LogP contribution is -2.20. The van der Waals surface area contributed by atoms with Crippen LogP contribution in [-0.4, -0.2) is 24.8 Å². The smallest absolute Gasteiger partial charge is 0.333 e. The standard InChI is InChI=1S/C22H16F2N6/c1-13-5-8-20-27-28-21(30(20)29-13)22(23,24)17-6-7-19-15(10-17)9-16(12-26-19)14-3-2-4-18(25)11-14/h2-12H,25H2,1H3. The van der Waals surface area contributed by atoms with E-state index in [1.54, 1.807) is 37.4 Å². The molecule has 0 amide bonds. The molecule has 0 aliphatic heterocycles. The Morgan fingerprint density at radius 2 is 1.80 bits per heavy atom. The second kappa shape index (κ2) is 6.55. The number of fused-ring (bicyclic) bond motifs is 2. The van der Waals surface area contributed by atoms with Gasteiger partial charge in [-0.05, 0) is 55.0 Å². The summed E-state index contributed by atoms with van der Waals surface area (Å²) in [6.45, 7) is 1.72. The van der Waals surface area contributed by atoms with Gasteiger partial charge in [0.25, 0.3) is 0 Å². The molecule has 148 valence electrons. The highest BCUT2D eigenvalue weighted by atomic mass is 19.3. The van der Waals surface area contributed by atoms with E-state index in [-0.39, 0.29) is 11.2 Å². The zero-order valence-corrected chi connectivity index (χ0v) is 15.9. The summed E-state index contributed by atoms with van der Waals surface area (Å²) < 4.78 is 31.9. The van der Waals surface area contributed by atoms with Gasteiger partial charge in [0.1, 0.15) is 0 Å². The number of aryl methyl sites for hydroxylation is 1. The number of aromatic nitrogens is 5. The average Bonchev–Trinajstić information content (AvgIpc) is 3.17. The average molecular weight is 402 g/mol. The normalized spacial score (nSPS) is 12.0. The fourth-order valence-electron chi connectivity index (χ4n) is 3.41. The van der Waals surface area contributed by atoms with Crippen molar-refractivity contribution < 1.29 is 8.78 Å². The van der Waals surface area contributed by atoms with Crippen LogP contribution in [0, 0.1) is 6.92 Å².